The maximum Gasteiger partial charge on any atom is 0.417 e. The van der Waals surface area contributed by atoms with E-state index < -0.39 is 11.7 Å². The van der Waals surface area contributed by atoms with Gasteiger partial charge in [-0.3, -0.25) is 14.8 Å². The number of amides is 1. The normalized spacial score (nSPS) is 11.6. The predicted molar refractivity (Wildman–Crippen MR) is 98.3 cm³/mol. The quantitative estimate of drug-likeness (QED) is 0.638. The summed E-state index contributed by atoms with van der Waals surface area (Å²) in [5, 5.41) is 5.70. The van der Waals surface area contributed by atoms with E-state index in [1.54, 1.807) is 12.1 Å². The van der Waals surface area contributed by atoms with Crippen LogP contribution in [0, 0.1) is 0 Å². The van der Waals surface area contributed by atoms with Gasteiger partial charge in [-0.25, -0.2) is 0 Å². The Hall–Kier alpha value is -2.52. The number of carbonyl (C=O) groups is 1. The molecule has 0 bridgehead atoms. The van der Waals surface area contributed by atoms with E-state index in [2.05, 4.69) is 20.6 Å². The molecule has 0 atom stereocenters. The monoisotopic (exact) mass is 396 g/mol. The van der Waals surface area contributed by atoms with Gasteiger partial charge in [0, 0.05) is 24.5 Å². The molecule has 0 unspecified atom stereocenters. The molecule has 9 heteroatoms. The molecule has 0 saturated carbocycles. The van der Waals surface area contributed by atoms with E-state index >= 15 is 0 Å². The Morgan fingerprint density at radius 1 is 1.21 bits per heavy atom. The van der Waals surface area contributed by atoms with Crippen molar-refractivity contribution >= 4 is 5.91 Å². The van der Waals surface area contributed by atoms with Crippen molar-refractivity contribution in [2.24, 2.45) is 0 Å². The minimum absolute atomic E-state index is 0.146. The van der Waals surface area contributed by atoms with Crippen LogP contribution in [0.5, 0.6) is 0 Å². The van der Waals surface area contributed by atoms with Gasteiger partial charge < -0.3 is 15.4 Å². The molecule has 1 amide bonds. The Balaban J connectivity index is 1.85. The smallest absolute Gasteiger partial charge is 0.377 e. The van der Waals surface area contributed by atoms with E-state index in [0.717, 1.165) is 12.3 Å². The highest BCUT2D eigenvalue weighted by Crippen LogP contribution is 2.29. The van der Waals surface area contributed by atoms with Crippen LogP contribution in [-0.2, 0) is 22.3 Å². The number of ether oxygens (including phenoxy) is 1. The summed E-state index contributed by atoms with van der Waals surface area (Å²) in [7, 11) is 0. The van der Waals surface area contributed by atoms with Gasteiger partial charge in [0.2, 0.25) is 5.91 Å². The minimum Gasteiger partial charge on any atom is -0.377 e. The van der Waals surface area contributed by atoms with Crippen molar-refractivity contribution in [3.63, 3.8) is 0 Å². The third kappa shape index (κ3) is 7.24. The van der Waals surface area contributed by atoms with Crippen LogP contribution in [0.15, 0.2) is 36.7 Å². The Morgan fingerprint density at radius 3 is 2.64 bits per heavy atom. The molecule has 0 radical (unpaired) electrons. The maximum absolute atomic E-state index is 12.6. The van der Waals surface area contributed by atoms with E-state index in [4.69, 9.17) is 4.74 Å². The minimum atomic E-state index is -4.42. The number of carbonyl (C=O) groups excluding carboxylic acids is 1. The first-order chi connectivity index (χ1) is 13.3. The lowest BCUT2D eigenvalue weighted by Gasteiger charge is -2.10. The highest BCUT2D eigenvalue weighted by atomic mass is 19.4. The summed E-state index contributed by atoms with van der Waals surface area (Å²) in [6.45, 7) is 5.33. The van der Waals surface area contributed by atoms with Crippen LogP contribution >= 0.6 is 0 Å². The summed E-state index contributed by atoms with van der Waals surface area (Å²) in [6.07, 6.45) is -1.95. The van der Waals surface area contributed by atoms with Crippen LogP contribution in [0.3, 0.4) is 0 Å². The lowest BCUT2D eigenvalue weighted by Crippen LogP contribution is -2.35. The van der Waals surface area contributed by atoms with E-state index in [-0.39, 0.29) is 25.1 Å². The van der Waals surface area contributed by atoms with Gasteiger partial charge in [-0.15, -0.1) is 0 Å². The zero-order valence-corrected chi connectivity index (χ0v) is 15.7. The summed E-state index contributed by atoms with van der Waals surface area (Å²) in [5.74, 6) is -0.190. The van der Waals surface area contributed by atoms with Crippen LogP contribution in [0.2, 0.25) is 0 Å². The van der Waals surface area contributed by atoms with Gasteiger partial charge in [0.25, 0.3) is 0 Å². The number of alkyl halides is 3. The maximum atomic E-state index is 12.6. The largest absolute Gasteiger partial charge is 0.417 e. The highest BCUT2D eigenvalue weighted by Gasteiger charge is 2.30. The zero-order valence-electron chi connectivity index (χ0n) is 15.7. The first-order valence-electron chi connectivity index (χ1n) is 8.83. The third-order valence-corrected chi connectivity index (χ3v) is 3.69. The van der Waals surface area contributed by atoms with Gasteiger partial charge in [-0.2, -0.15) is 13.2 Å². The number of halogens is 3. The van der Waals surface area contributed by atoms with Crippen molar-refractivity contribution in [2.75, 3.05) is 19.7 Å². The molecule has 0 aliphatic heterocycles. The Morgan fingerprint density at radius 2 is 2.00 bits per heavy atom. The topological polar surface area (TPSA) is 76.1 Å². The van der Waals surface area contributed by atoms with Crippen LogP contribution < -0.4 is 10.6 Å². The molecule has 2 N–H and O–H groups in total. The molecule has 28 heavy (non-hydrogen) atoms. The Kier molecular flexibility index (Phi) is 7.89. The van der Waals surface area contributed by atoms with Gasteiger partial charge in [-0.1, -0.05) is 0 Å². The van der Waals surface area contributed by atoms with Gasteiger partial charge in [0.05, 0.1) is 42.8 Å². The first-order valence-corrected chi connectivity index (χ1v) is 8.83. The summed E-state index contributed by atoms with van der Waals surface area (Å²) in [5.41, 5.74) is 0.798. The molecule has 2 aromatic rings. The number of pyridine rings is 2. The number of rotatable bonds is 9. The van der Waals surface area contributed by atoms with E-state index in [9.17, 15) is 18.0 Å². The van der Waals surface area contributed by atoms with Crippen molar-refractivity contribution < 1.29 is 22.7 Å². The molecule has 0 saturated heterocycles. The van der Waals surface area contributed by atoms with Crippen molar-refractivity contribution in [3.8, 4) is 11.3 Å². The zero-order chi connectivity index (χ0) is 20.6. The number of hydrogen-bond donors (Lipinski definition) is 2. The molecule has 6 nitrogen and oxygen atoms in total. The average molecular weight is 396 g/mol. The third-order valence-electron chi connectivity index (χ3n) is 3.69. The molecule has 0 aromatic carbocycles. The van der Waals surface area contributed by atoms with Gasteiger partial charge in [0.1, 0.15) is 0 Å². The molecule has 2 heterocycles. The molecule has 2 rings (SSSR count). The van der Waals surface area contributed by atoms with Crippen LogP contribution in [0.1, 0.15) is 25.1 Å². The van der Waals surface area contributed by atoms with Crippen LogP contribution in [-0.4, -0.2) is 41.7 Å². The molecule has 0 aliphatic carbocycles. The van der Waals surface area contributed by atoms with Crippen molar-refractivity contribution in [1.82, 2.24) is 20.6 Å². The SMILES string of the molecule is CC(C)OCCNCC(=O)NCc1cc(-c2ccc(C(F)(F)F)cn2)ccn1. The predicted octanol–water partition coefficient (Wildman–Crippen LogP) is 2.79. The second-order valence-electron chi connectivity index (χ2n) is 6.34. The standard InChI is InChI=1S/C19H23F3N4O2/c1-13(2)28-8-7-23-12-18(27)26-11-16-9-14(5-6-24-16)17-4-3-15(10-25-17)19(20,21)22/h3-6,9-10,13,23H,7-8,11-12H2,1-2H3,(H,26,27). The molecule has 0 aliphatic rings. The van der Waals surface area contributed by atoms with Crippen molar-refractivity contribution in [1.29, 1.82) is 0 Å². The number of hydrogen-bond acceptors (Lipinski definition) is 5. The fraction of sp³-hybridized carbons (Fsp3) is 0.421. The fourth-order valence-corrected chi connectivity index (χ4v) is 2.29. The fourth-order valence-electron chi connectivity index (χ4n) is 2.29. The van der Waals surface area contributed by atoms with Crippen molar-refractivity contribution in [2.45, 2.75) is 32.7 Å². The summed E-state index contributed by atoms with van der Waals surface area (Å²) in [6, 6.07) is 5.62. The second kappa shape index (κ2) is 10.1. The van der Waals surface area contributed by atoms with Gasteiger partial charge in [-0.05, 0) is 38.1 Å². The second-order valence-corrected chi connectivity index (χ2v) is 6.34. The lowest BCUT2D eigenvalue weighted by molar-refractivity contribution is -0.137. The summed E-state index contributed by atoms with van der Waals surface area (Å²) >= 11 is 0. The van der Waals surface area contributed by atoms with E-state index in [1.165, 1.54) is 12.3 Å². The Bertz CT molecular complexity index is 765. The van der Waals surface area contributed by atoms with Gasteiger partial charge >= 0.3 is 6.18 Å². The summed E-state index contributed by atoms with van der Waals surface area (Å²) in [4.78, 5) is 19.9. The van der Waals surface area contributed by atoms with Gasteiger partial charge in [0.15, 0.2) is 0 Å². The molecule has 2 aromatic heterocycles. The number of aromatic nitrogens is 2. The number of nitrogens with zero attached hydrogens (tertiary/aromatic N) is 2. The van der Waals surface area contributed by atoms with E-state index in [0.29, 0.717) is 30.1 Å². The molecule has 152 valence electrons. The summed E-state index contributed by atoms with van der Waals surface area (Å²) < 4.78 is 43.2. The number of nitrogens with one attached hydrogen (secondary N) is 2. The molecule has 0 spiro atoms. The first kappa shape index (κ1) is 21.8. The van der Waals surface area contributed by atoms with Crippen LogP contribution in [0.4, 0.5) is 13.2 Å². The van der Waals surface area contributed by atoms with Crippen LogP contribution in [0.25, 0.3) is 11.3 Å². The molecule has 0 fully saturated rings. The highest BCUT2D eigenvalue weighted by molar-refractivity contribution is 5.77. The van der Waals surface area contributed by atoms with Crippen molar-refractivity contribution in [3.05, 3.63) is 47.9 Å². The lowest BCUT2D eigenvalue weighted by atomic mass is 10.1. The molecular formula is C19H23F3N4O2. The average Bonchev–Trinajstić information content (AvgIpc) is 2.65. The molecular weight excluding hydrogens is 373 g/mol. The van der Waals surface area contributed by atoms with E-state index in [1.807, 2.05) is 13.8 Å². The Labute approximate surface area is 161 Å².